The lowest BCUT2D eigenvalue weighted by Crippen LogP contribution is -2.35. The Bertz CT molecular complexity index is 1450. The number of hydrogen-bond donors (Lipinski definition) is 0. The monoisotopic (exact) mass is 570 g/mol. The van der Waals surface area contributed by atoms with Crippen molar-refractivity contribution < 1.29 is 13.2 Å². The van der Waals surface area contributed by atoms with Gasteiger partial charge in [-0.1, -0.05) is 19.8 Å². The van der Waals surface area contributed by atoms with Crippen LogP contribution in [0.25, 0.3) is 5.52 Å². The van der Waals surface area contributed by atoms with Crippen molar-refractivity contribution in [2.45, 2.75) is 108 Å². The van der Waals surface area contributed by atoms with Crippen LogP contribution in [0.4, 0.5) is 13.2 Å². The van der Waals surface area contributed by atoms with Gasteiger partial charge >= 0.3 is 11.9 Å². The highest BCUT2D eigenvalue weighted by Gasteiger charge is 2.42. The van der Waals surface area contributed by atoms with Crippen LogP contribution in [0.15, 0.2) is 29.6 Å². The zero-order valence-corrected chi connectivity index (χ0v) is 23.9. The molecule has 4 fully saturated rings. The van der Waals surface area contributed by atoms with E-state index in [0.717, 1.165) is 57.4 Å². The van der Waals surface area contributed by atoms with Gasteiger partial charge in [-0.3, -0.25) is 13.9 Å². The summed E-state index contributed by atoms with van der Waals surface area (Å²) in [7, 11) is 0. The van der Waals surface area contributed by atoms with E-state index in [1.165, 1.54) is 48.8 Å². The normalized spacial score (nSPS) is 27.3. The molecule has 4 aliphatic rings. The second kappa shape index (κ2) is 10.6. The molecule has 0 spiro atoms. The van der Waals surface area contributed by atoms with Crippen LogP contribution >= 0.6 is 0 Å². The predicted octanol–water partition coefficient (Wildman–Crippen LogP) is 6.59. The van der Waals surface area contributed by atoms with Crippen LogP contribution in [0.3, 0.4) is 0 Å². The van der Waals surface area contributed by atoms with E-state index in [1.54, 1.807) is 10.8 Å². The van der Waals surface area contributed by atoms with Gasteiger partial charge in [0.15, 0.2) is 0 Å². The Morgan fingerprint density at radius 2 is 1.73 bits per heavy atom. The van der Waals surface area contributed by atoms with E-state index < -0.39 is 11.7 Å². The second-order valence-corrected chi connectivity index (χ2v) is 13.4. The number of imidazole rings is 1. The Hall–Kier alpha value is -2.62. The summed E-state index contributed by atoms with van der Waals surface area (Å²) in [6.45, 7) is 4.36. The molecule has 2 unspecified atom stereocenters. The third-order valence-electron chi connectivity index (χ3n) is 10.4. The highest BCUT2D eigenvalue weighted by atomic mass is 19.4. The molecule has 3 saturated carbocycles. The van der Waals surface area contributed by atoms with E-state index in [9.17, 15) is 18.0 Å². The van der Waals surface area contributed by atoms with Gasteiger partial charge in [0.25, 0.3) is 0 Å². The topological polar surface area (TPSA) is 60.4 Å². The van der Waals surface area contributed by atoms with Gasteiger partial charge in [0.1, 0.15) is 12.2 Å². The molecule has 3 aromatic heterocycles. The zero-order chi connectivity index (χ0) is 28.3. The van der Waals surface area contributed by atoms with Gasteiger partial charge < -0.3 is 4.57 Å². The number of fused-ring (bicyclic) bond motifs is 1. The fraction of sp³-hybridized carbons (Fsp3) is 0.710. The quantitative estimate of drug-likeness (QED) is 0.322. The van der Waals surface area contributed by atoms with Crippen molar-refractivity contribution in [2.24, 2.45) is 17.8 Å². The smallest absolute Gasteiger partial charge is 0.314 e. The molecule has 1 aliphatic heterocycles. The summed E-state index contributed by atoms with van der Waals surface area (Å²) < 4.78 is 48.2. The molecular weight excluding hydrogens is 529 g/mol. The summed E-state index contributed by atoms with van der Waals surface area (Å²) in [5.41, 5.74) is -0.561. The lowest BCUT2D eigenvalue weighted by molar-refractivity contribution is -0.136. The van der Waals surface area contributed by atoms with Crippen molar-refractivity contribution in [3.05, 3.63) is 52.2 Å². The van der Waals surface area contributed by atoms with Gasteiger partial charge in [0.2, 0.25) is 0 Å². The molecule has 4 atom stereocenters. The number of halogens is 3. The Balaban J connectivity index is 1.21. The van der Waals surface area contributed by atoms with Crippen LogP contribution in [0.5, 0.6) is 0 Å². The third-order valence-corrected chi connectivity index (χ3v) is 10.4. The van der Waals surface area contributed by atoms with E-state index in [1.807, 2.05) is 6.33 Å². The molecule has 0 N–H and O–H groups in total. The molecule has 7 rings (SSSR count). The Morgan fingerprint density at radius 1 is 0.951 bits per heavy atom. The molecule has 3 aromatic rings. The largest absolute Gasteiger partial charge is 0.418 e. The maximum atomic E-state index is 14.3. The van der Waals surface area contributed by atoms with E-state index in [4.69, 9.17) is 0 Å². The zero-order valence-electron chi connectivity index (χ0n) is 23.9. The molecule has 222 valence electrons. The minimum absolute atomic E-state index is 0.0376. The van der Waals surface area contributed by atoms with Gasteiger partial charge in [-0.05, 0) is 93.7 Å². The molecule has 0 aromatic carbocycles. The van der Waals surface area contributed by atoms with Crippen LogP contribution < -0.4 is 5.69 Å². The molecule has 0 radical (unpaired) electrons. The van der Waals surface area contributed by atoms with Crippen LogP contribution in [0.2, 0.25) is 0 Å². The first-order valence-corrected chi connectivity index (χ1v) is 15.7. The van der Waals surface area contributed by atoms with Crippen molar-refractivity contribution in [2.75, 3.05) is 13.1 Å². The summed E-state index contributed by atoms with van der Waals surface area (Å²) in [6.07, 6.45) is 12.2. The number of alkyl halides is 3. The summed E-state index contributed by atoms with van der Waals surface area (Å²) in [5, 5.41) is 8.91. The van der Waals surface area contributed by atoms with Crippen LogP contribution in [-0.2, 0) is 12.7 Å². The SMILES string of the molecule is C[C@H]1CCCN(Cc2cc(C(F)(F)F)c3cn(C4CCCC([C@@H](c5nncn5C5CC5)C5CCC5)C4)c(=O)n3c2)C1. The van der Waals surface area contributed by atoms with E-state index in [-0.39, 0.29) is 17.2 Å². The molecule has 0 amide bonds. The summed E-state index contributed by atoms with van der Waals surface area (Å²) in [4.78, 5) is 16.0. The maximum absolute atomic E-state index is 14.3. The van der Waals surface area contributed by atoms with Crippen molar-refractivity contribution in [3.63, 3.8) is 0 Å². The standard InChI is InChI=1S/C31H41F3N6O/c1-20-5-4-12-37(15-20)16-21-13-26(31(32,33)34)27-18-38(30(41)39(27)17-21)25-9-3-8-23(14-25)28(22-6-2-7-22)29-36-35-19-40(29)24-10-11-24/h13,17-20,22-25,28H,2-12,14-16H2,1H3/t20-,23?,25?,28-/m0/s1. The average molecular weight is 571 g/mol. The molecule has 4 heterocycles. The fourth-order valence-corrected chi connectivity index (χ4v) is 8.04. The molecule has 7 nitrogen and oxygen atoms in total. The fourth-order valence-electron chi connectivity index (χ4n) is 8.04. The summed E-state index contributed by atoms with van der Waals surface area (Å²) in [5.74, 6) is 2.83. The molecule has 0 bridgehead atoms. The Morgan fingerprint density at radius 3 is 2.44 bits per heavy atom. The summed E-state index contributed by atoms with van der Waals surface area (Å²) >= 11 is 0. The number of pyridine rings is 1. The first-order chi connectivity index (χ1) is 19.8. The van der Waals surface area contributed by atoms with Crippen LogP contribution in [0, 0.1) is 17.8 Å². The summed E-state index contributed by atoms with van der Waals surface area (Å²) in [6, 6.07) is 1.65. The van der Waals surface area contributed by atoms with Crippen molar-refractivity contribution in [1.82, 2.24) is 28.6 Å². The van der Waals surface area contributed by atoms with Crippen LogP contribution in [-0.4, -0.2) is 41.7 Å². The Labute approximate surface area is 238 Å². The first kappa shape index (κ1) is 27.2. The molecule has 41 heavy (non-hydrogen) atoms. The van der Waals surface area contributed by atoms with Gasteiger partial charge in [-0.15, -0.1) is 10.2 Å². The van der Waals surface area contributed by atoms with Gasteiger partial charge in [0, 0.05) is 43.5 Å². The van der Waals surface area contributed by atoms with Gasteiger partial charge in [0.05, 0.1) is 11.1 Å². The molecule has 10 heteroatoms. The van der Waals surface area contributed by atoms with Crippen molar-refractivity contribution >= 4 is 5.52 Å². The van der Waals surface area contributed by atoms with Crippen molar-refractivity contribution in [1.29, 1.82) is 0 Å². The van der Waals surface area contributed by atoms with E-state index in [2.05, 4.69) is 26.6 Å². The van der Waals surface area contributed by atoms with Crippen LogP contribution in [0.1, 0.15) is 113 Å². The van der Waals surface area contributed by atoms with Gasteiger partial charge in [-0.25, -0.2) is 4.79 Å². The van der Waals surface area contributed by atoms with Gasteiger partial charge in [-0.2, -0.15) is 13.2 Å². The van der Waals surface area contributed by atoms with Crippen molar-refractivity contribution in [3.8, 4) is 0 Å². The number of nitrogens with zero attached hydrogens (tertiary/aromatic N) is 6. The minimum atomic E-state index is -4.54. The van der Waals surface area contributed by atoms with E-state index >= 15 is 0 Å². The average Bonchev–Trinajstić information content (AvgIpc) is 3.55. The molecule has 1 saturated heterocycles. The number of likely N-dealkylation sites (tertiary alicyclic amines) is 1. The lowest BCUT2D eigenvalue weighted by atomic mass is 9.66. The Kier molecular flexibility index (Phi) is 7.03. The highest BCUT2D eigenvalue weighted by molar-refractivity contribution is 5.56. The number of aromatic nitrogens is 5. The maximum Gasteiger partial charge on any atom is 0.418 e. The molecule has 3 aliphatic carbocycles. The number of hydrogen-bond acceptors (Lipinski definition) is 4. The number of piperidine rings is 1. The minimum Gasteiger partial charge on any atom is -0.314 e. The molecular formula is C31H41F3N6O. The second-order valence-electron chi connectivity index (χ2n) is 13.4. The lowest BCUT2D eigenvalue weighted by Gasteiger charge is -2.41. The van der Waals surface area contributed by atoms with E-state index in [0.29, 0.717) is 41.8 Å². The highest BCUT2D eigenvalue weighted by Crippen LogP contribution is 2.50. The first-order valence-electron chi connectivity index (χ1n) is 15.7. The third kappa shape index (κ3) is 5.25. The number of rotatable bonds is 7. The predicted molar refractivity (Wildman–Crippen MR) is 150 cm³/mol.